The predicted molar refractivity (Wildman–Crippen MR) is 86.8 cm³/mol. The number of nitrogens with zero attached hydrogens (tertiary/aromatic N) is 2. The maximum atomic E-state index is 5.73. The lowest BCUT2D eigenvalue weighted by atomic mass is 10.0. The van der Waals surface area contributed by atoms with E-state index in [1.54, 1.807) is 6.33 Å². The average Bonchev–Trinajstić information content (AvgIpc) is 3.01. The second-order valence-corrected chi connectivity index (χ2v) is 6.00. The van der Waals surface area contributed by atoms with Crippen molar-refractivity contribution in [3.8, 4) is 5.75 Å². The summed E-state index contributed by atoms with van der Waals surface area (Å²) in [4.78, 5) is 9.79. The second kappa shape index (κ2) is 6.94. The zero-order valence-corrected chi connectivity index (χ0v) is 13.2. The molecule has 1 aliphatic rings. The molecule has 1 aromatic heterocycles. The summed E-state index contributed by atoms with van der Waals surface area (Å²) in [5, 5.41) is 3.49. The molecule has 1 aliphatic heterocycles. The molecular weight excluding hydrogens is 276 g/mol. The first-order valence-corrected chi connectivity index (χ1v) is 7.91. The van der Waals surface area contributed by atoms with Gasteiger partial charge in [0.1, 0.15) is 5.75 Å². The topological polar surface area (TPSA) is 53.2 Å². The van der Waals surface area contributed by atoms with Crippen molar-refractivity contribution in [2.45, 2.75) is 32.5 Å². The highest BCUT2D eigenvalue weighted by atomic mass is 16.5. The minimum atomic E-state index is 0.207. The van der Waals surface area contributed by atoms with Gasteiger partial charge in [-0.2, -0.15) is 0 Å². The van der Waals surface area contributed by atoms with Gasteiger partial charge in [0.15, 0.2) is 0 Å². The van der Waals surface area contributed by atoms with Crippen molar-refractivity contribution in [2.24, 2.45) is 0 Å². The summed E-state index contributed by atoms with van der Waals surface area (Å²) < 4.78 is 5.73. The number of hydrogen-bond acceptors (Lipinski definition) is 4. The molecule has 1 saturated heterocycles. The molecule has 1 atom stereocenters. The van der Waals surface area contributed by atoms with Crippen molar-refractivity contribution in [2.75, 3.05) is 19.6 Å². The van der Waals surface area contributed by atoms with E-state index in [0.717, 1.165) is 37.6 Å². The van der Waals surface area contributed by atoms with Crippen LogP contribution in [0, 0.1) is 0 Å². The summed E-state index contributed by atoms with van der Waals surface area (Å²) in [6.07, 6.45) is 3.85. The van der Waals surface area contributed by atoms with Crippen LogP contribution in [-0.2, 0) is 6.54 Å². The predicted octanol–water partition coefficient (Wildman–Crippen LogP) is 2.34. The van der Waals surface area contributed by atoms with E-state index in [2.05, 4.69) is 44.5 Å². The lowest BCUT2D eigenvalue weighted by molar-refractivity contribution is 0.152. The van der Waals surface area contributed by atoms with E-state index >= 15 is 0 Å². The highest BCUT2D eigenvalue weighted by Crippen LogP contribution is 2.25. The standard InChI is InChI=1S/C17H24N4O/c1-13(2)22-16-5-3-14(4-6-16)17-10-18-7-8-21(17)11-15-9-19-12-20-15/h3-6,9,12-13,17-18H,7-8,10-11H2,1-2H3,(H,19,20)/t17-/m1/s1. The van der Waals surface area contributed by atoms with Crippen LogP contribution in [0.2, 0.25) is 0 Å². The largest absolute Gasteiger partial charge is 0.491 e. The van der Waals surface area contributed by atoms with Crippen molar-refractivity contribution in [3.05, 3.63) is 48.0 Å². The van der Waals surface area contributed by atoms with Crippen LogP contribution < -0.4 is 10.1 Å². The third-order valence-electron chi connectivity index (χ3n) is 3.92. The van der Waals surface area contributed by atoms with E-state index in [4.69, 9.17) is 4.74 Å². The molecule has 22 heavy (non-hydrogen) atoms. The smallest absolute Gasteiger partial charge is 0.119 e. The molecule has 0 saturated carbocycles. The van der Waals surface area contributed by atoms with E-state index < -0.39 is 0 Å². The summed E-state index contributed by atoms with van der Waals surface area (Å²) in [5.74, 6) is 0.933. The van der Waals surface area contributed by atoms with Crippen molar-refractivity contribution in [1.82, 2.24) is 20.2 Å². The van der Waals surface area contributed by atoms with Gasteiger partial charge in [-0.15, -0.1) is 0 Å². The number of rotatable bonds is 5. The molecule has 0 unspecified atom stereocenters. The molecule has 5 nitrogen and oxygen atoms in total. The molecule has 118 valence electrons. The Balaban J connectivity index is 1.72. The van der Waals surface area contributed by atoms with Crippen LogP contribution in [-0.4, -0.2) is 40.6 Å². The van der Waals surface area contributed by atoms with Crippen LogP contribution in [0.15, 0.2) is 36.8 Å². The van der Waals surface area contributed by atoms with Gasteiger partial charge in [0.05, 0.1) is 12.4 Å². The zero-order chi connectivity index (χ0) is 15.4. The highest BCUT2D eigenvalue weighted by molar-refractivity contribution is 5.30. The van der Waals surface area contributed by atoms with Crippen LogP contribution >= 0.6 is 0 Å². The van der Waals surface area contributed by atoms with Crippen molar-refractivity contribution in [1.29, 1.82) is 0 Å². The van der Waals surface area contributed by atoms with Gasteiger partial charge >= 0.3 is 0 Å². The fourth-order valence-electron chi connectivity index (χ4n) is 2.89. The fraction of sp³-hybridized carbons (Fsp3) is 0.471. The summed E-state index contributed by atoms with van der Waals surface area (Å²) in [5.41, 5.74) is 2.48. The van der Waals surface area contributed by atoms with Gasteiger partial charge in [0, 0.05) is 44.1 Å². The highest BCUT2D eigenvalue weighted by Gasteiger charge is 2.24. The van der Waals surface area contributed by atoms with Gasteiger partial charge < -0.3 is 15.0 Å². The third-order valence-corrected chi connectivity index (χ3v) is 3.92. The molecule has 2 N–H and O–H groups in total. The first-order valence-electron chi connectivity index (χ1n) is 7.91. The third kappa shape index (κ3) is 3.67. The van der Waals surface area contributed by atoms with E-state index in [-0.39, 0.29) is 6.10 Å². The molecule has 5 heteroatoms. The molecule has 1 fully saturated rings. The molecular formula is C17H24N4O. The summed E-state index contributed by atoms with van der Waals surface area (Å²) >= 11 is 0. The molecule has 0 radical (unpaired) electrons. The molecule has 0 amide bonds. The molecule has 0 bridgehead atoms. The molecule has 1 aromatic carbocycles. The lowest BCUT2D eigenvalue weighted by Gasteiger charge is -2.36. The Labute approximate surface area is 131 Å². The second-order valence-electron chi connectivity index (χ2n) is 6.00. The Morgan fingerprint density at radius 1 is 1.32 bits per heavy atom. The zero-order valence-electron chi connectivity index (χ0n) is 13.2. The molecule has 0 spiro atoms. The summed E-state index contributed by atoms with van der Waals surface area (Å²) in [6.45, 7) is 8.03. The Kier molecular flexibility index (Phi) is 4.75. The van der Waals surface area contributed by atoms with Crippen LogP contribution in [0.25, 0.3) is 0 Å². The molecule has 3 rings (SSSR count). The SMILES string of the molecule is CC(C)Oc1ccc([C@H]2CNCCN2Cc2cnc[nH]2)cc1. The number of benzene rings is 1. The van der Waals surface area contributed by atoms with E-state index in [1.807, 2.05) is 20.0 Å². The van der Waals surface area contributed by atoms with Gasteiger partial charge in [-0.25, -0.2) is 4.98 Å². The van der Waals surface area contributed by atoms with Gasteiger partial charge in [0.25, 0.3) is 0 Å². The van der Waals surface area contributed by atoms with Gasteiger partial charge in [-0.3, -0.25) is 4.90 Å². The van der Waals surface area contributed by atoms with E-state index in [9.17, 15) is 0 Å². The minimum Gasteiger partial charge on any atom is -0.491 e. The van der Waals surface area contributed by atoms with Crippen LogP contribution in [0.1, 0.15) is 31.1 Å². The number of aromatic amines is 1. The lowest BCUT2D eigenvalue weighted by Crippen LogP contribution is -2.45. The Morgan fingerprint density at radius 2 is 2.14 bits per heavy atom. The first-order chi connectivity index (χ1) is 10.7. The van der Waals surface area contributed by atoms with E-state index in [1.165, 1.54) is 5.56 Å². The molecule has 2 heterocycles. The maximum absolute atomic E-state index is 5.73. The Morgan fingerprint density at radius 3 is 2.82 bits per heavy atom. The van der Waals surface area contributed by atoms with Gasteiger partial charge in [0.2, 0.25) is 0 Å². The number of ether oxygens (including phenoxy) is 1. The molecule has 2 aromatic rings. The molecule has 0 aliphatic carbocycles. The van der Waals surface area contributed by atoms with Crippen molar-refractivity contribution >= 4 is 0 Å². The number of piperazine rings is 1. The quantitative estimate of drug-likeness (QED) is 0.890. The minimum absolute atomic E-state index is 0.207. The number of nitrogens with one attached hydrogen (secondary N) is 2. The normalized spacial score (nSPS) is 19.5. The van der Waals surface area contributed by atoms with Crippen LogP contribution in [0.4, 0.5) is 0 Å². The van der Waals surface area contributed by atoms with E-state index in [0.29, 0.717) is 6.04 Å². The van der Waals surface area contributed by atoms with Gasteiger partial charge in [-0.1, -0.05) is 12.1 Å². The first kappa shape index (κ1) is 15.1. The number of H-pyrrole nitrogens is 1. The number of imidazole rings is 1. The Hall–Kier alpha value is -1.85. The van der Waals surface area contributed by atoms with Crippen molar-refractivity contribution in [3.63, 3.8) is 0 Å². The van der Waals surface area contributed by atoms with Crippen LogP contribution in [0.3, 0.4) is 0 Å². The number of hydrogen-bond donors (Lipinski definition) is 2. The number of aromatic nitrogens is 2. The monoisotopic (exact) mass is 300 g/mol. The van der Waals surface area contributed by atoms with Crippen LogP contribution in [0.5, 0.6) is 5.75 Å². The Bertz CT molecular complexity index is 565. The van der Waals surface area contributed by atoms with Gasteiger partial charge in [-0.05, 0) is 31.5 Å². The average molecular weight is 300 g/mol. The fourth-order valence-corrected chi connectivity index (χ4v) is 2.89. The van der Waals surface area contributed by atoms with Crippen molar-refractivity contribution < 1.29 is 4.74 Å². The summed E-state index contributed by atoms with van der Waals surface area (Å²) in [7, 11) is 0. The maximum Gasteiger partial charge on any atom is 0.119 e. The summed E-state index contributed by atoms with van der Waals surface area (Å²) in [6, 6.07) is 8.87.